The van der Waals surface area contributed by atoms with Crippen LogP contribution >= 0.6 is 0 Å². The summed E-state index contributed by atoms with van der Waals surface area (Å²) < 4.78 is 10.7. The Hall–Kier alpha value is -3.54. The van der Waals surface area contributed by atoms with Crippen LogP contribution in [-0.4, -0.2) is 24.2 Å². The zero-order valence-electron chi connectivity index (χ0n) is 15.2. The molecule has 0 bridgehead atoms. The van der Waals surface area contributed by atoms with E-state index in [1.165, 1.54) is 5.56 Å². The highest BCUT2D eigenvalue weighted by molar-refractivity contribution is 6.07. The standard InChI is InChI=1S/C22H19N3O3/c26-22(25-10-8-16-3-1-2-4-18(16)25)17-7-9-23-21(12-17)24-13-15-5-6-19-20(11-15)28-14-27-19/h1-7,9,11-12H,8,10,13-14H2,(H,23,24). The van der Waals surface area contributed by atoms with Crippen LogP contribution in [0.25, 0.3) is 0 Å². The van der Waals surface area contributed by atoms with Gasteiger partial charge in [0.25, 0.3) is 5.91 Å². The number of nitrogens with one attached hydrogen (secondary N) is 1. The van der Waals surface area contributed by atoms with Crippen LogP contribution in [-0.2, 0) is 13.0 Å². The number of aromatic nitrogens is 1. The number of ether oxygens (including phenoxy) is 2. The van der Waals surface area contributed by atoms with E-state index in [0.29, 0.717) is 24.5 Å². The van der Waals surface area contributed by atoms with E-state index in [9.17, 15) is 4.79 Å². The van der Waals surface area contributed by atoms with Crippen molar-refractivity contribution >= 4 is 17.4 Å². The van der Waals surface area contributed by atoms with Gasteiger partial charge in [-0.25, -0.2) is 4.98 Å². The number of para-hydroxylation sites is 1. The maximum atomic E-state index is 13.0. The highest BCUT2D eigenvalue weighted by Crippen LogP contribution is 2.33. The fourth-order valence-corrected chi connectivity index (χ4v) is 3.61. The fourth-order valence-electron chi connectivity index (χ4n) is 3.61. The summed E-state index contributed by atoms with van der Waals surface area (Å²) >= 11 is 0. The quantitative estimate of drug-likeness (QED) is 0.757. The molecule has 1 amide bonds. The highest BCUT2D eigenvalue weighted by atomic mass is 16.7. The van der Waals surface area contributed by atoms with E-state index in [-0.39, 0.29) is 12.7 Å². The molecular weight excluding hydrogens is 354 g/mol. The maximum absolute atomic E-state index is 13.0. The van der Waals surface area contributed by atoms with Crippen molar-refractivity contribution in [3.8, 4) is 11.5 Å². The van der Waals surface area contributed by atoms with E-state index in [1.807, 2.05) is 41.3 Å². The average molecular weight is 373 g/mol. The zero-order valence-corrected chi connectivity index (χ0v) is 15.2. The molecule has 6 nitrogen and oxygen atoms in total. The highest BCUT2D eigenvalue weighted by Gasteiger charge is 2.25. The van der Waals surface area contributed by atoms with E-state index in [0.717, 1.165) is 29.2 Å². The topological polar surface area (TPSA) is 63.7 Å². The van der Waals surface area contributed by atoms with Gasteiger partial charge in [-0.1, -0.05) is 24.3 Å². The maximum Gasteiger partial charge on any atom is 0.258 e. The van der Waals surface area contributed by atoms with E-state index < -0.39 is 0 Å². The average Bonchev–Trinajstić information content (AvgIpc) is 3.38. The summed E-state index contributed by atoms with van der Waals surface area (Å²) in [4.78, 5) is 19.2. The number of hydrogen-bond acceptors (Lipinski definition) is 5. The number of rotatable bonds is 4. The van der Waals surface area contributed by atoms with Gasteiger partial charge < -0.3 is 19.7 Å². The molecule has 2 aromatic carbocycles. The monoisotopic (exact) mass is 373 g/mol. The van der Waals surface area contributed by atoms with Crippen LogP contribution in [0.1, 0.15) is 21.5 Å². The van der Waals surface area contributed by atoms with Gasteiger partial charge in [-0.05, 0) is 47.9 Å². The molecule has 0 fully saturated rings. The molecule has 3 heterocycles. The molecule has 6 heteroatoms. The SMILES string of the molecule is O=C(c1ccnc(NCc2ccc3c(c2)OCO3)c1)N1CCc2ccccc21. The van der Waals surface area contributed by atoms with Crippen molar-refractivity contribution in [2.24, 2.45) is 0 Å². The number of pyridine rings is 1. The summed E-state index contributed by atoms with van der Waals surface area (Å²) in [5.41, 5.74) is 3.89. The normalized spacial score (nSPS) is 14.1. The second-order valence-electron chi connectivity index (χ2n) is 6.81. The summed E-state index contributed by atoms with van der Waals surface area (Å²) in [5, 5.41) is 3.28. The van der Waals surface area contributed by atoms with Crippen molar-refractivity contribution < 1.29 is 14.3 Å². The molecule has 2 aliphatic rings. The first-order valence-electron chi connectivity index (χ1n) is 9.26. The molecule has 0 aliphatic carbocycles. The number of hydrogen-bond donors (Lipinski definition) is 1. The minimum atomic E-state index is -0.00141. The number of anilines is 2. The number of fused-ring (bicyclic) bond motifs is 2. The molecule has 1 N–H and O–H groups in total. The molecule has 0 spiro atoms. The summed E-state index contributed by atoms with van der Waals surface area (Å²) in [5.74, 6) is 2.18. The third kappa shape index (κ3) is 3.03. The molecule has 1 aromatic heterocycles. The molecular formula is C22H19N3O3. The van der Waals surface area contributed by atoms with Crippen LogP contribution in [0.2, 0.25) is 0 Å². The largest absolute Gasteiger partial charge is 0.454 e. The van der Waals surface area contributed by atoms with Crippen molar-refractivity contribution in [1.29, 1.82) is 0 Å². The van der Waals surface area contributed by atoms with Crippen LogP contribution in [0.3, 0.4) is 0 Å². The van der Waals surface area contributed by atoms with Crippen molar-refractivity contribution in [2.75, 3.05) is 23.6 Å². The second-order valence-corrected chi connectivity index (χ2v) is 6.81. The van der Waals surface area contributed by atoms with Crippen LogP contribution in [0.4, 0.5) is 11.5 Å². The minimum absolute atomic E-state index is 0.00141. The Morgan fingerprint density at radius 2 is 1.96 bits per heavy atom. The van der Waals surface area contributed by atoms with Crippen molar-refractivity contribution in [2.45, 2.75) is 13.0 Å². The van der Waals surface area contributed by atoms with Crippen molar-refractivity contribution in [1.82, 2.24) is 4.98 Å². The number of nitrogens with zero attached hydrogens (tertiary/aromatic N) is 2. The Morgan fingerprint density at radius 1 is 1.07 bits per heavy atom. The molecule has 0 radical (unpaired) electrons. The van der Waals surface area contributed by atoms with Gasteiger partial charge in [0.1, 0.15) is 5.82 Å². The molecule has 28 heavy (non-hydrogen) atoms. The Morgan fingerprint density at radius 3 is 2.93 bits per heavy atom. The third-order valence-corrected chi connectivity index (χ3v) is 5.05. The molecule has 3 aromatic rings. The second kappa shape index (κ2) is 6.88. The molecule has 0 unspecified atom stereocenters. The molecule has 140 valence electrons. The van der Waals surface area contributed by atoms with Gasteiger partial charge in [-0.15, -0.1) is 0 Å². The fraction of sp³-hybridized carbons (Fsp3) is 0.182. The zero-order chi connectivity index (χ0) is 18.9. The van der Waals surface area contributed by atoms with Gasteiger partial charge >= 0.3 is 0 Å². The number of carbonyl (C=O) groups is 1. The lowest BCUT2D eigenvalue weighted by atomic mass is 10.1. The smallest absolute Gasteiger partial charge is 0.258 e. The molecule has 2 aliphatic heterocycles. The van der Waals surface area contributed by atoms with Gasteiger partial charge in [0.2, 0.25) is 6.79 Å². The van der Waals surface area contributed by atoms with E-state index in [2.05, 4.69) is 16.4 Å². The first kappa shape index (κ1) is 16.6. The van der Waals surface area contributed by atoms with Gasteiger partial charge in [0, 0.05) is 30.5 Å². The molecule has 5 rings (SSSR count). The predicted molar refractivity (Wildman–Crippen MR) is 106 cm³/mol. The molecule has 0 saturated carbocycles. The van der Waals surface area contributed by atoms with Gasteiger partial charge in [-0.2, -0.15) is 0 Å². The summed E-state index contributed by atoms with van der Waals surface area (Å²) in [6.45, 7) is 1.55. The van der Waals surface area contributed by atoms with E-state index in [4.69, 9.17) is 9.47 Å². The first-order chi connectivity index (χ1) is 13.8. The van der Waals surface area contributed by atoms with Gasteiger partial charge in [-0.3, -0.25) is 4.79 Å². The van der Waals surface area contributed by atoms with E-state index in [1.54, 1.807) is 18.3 Å². The van der Waals surface area contributed by atoms with Crippen molar-refractivity contribution in [3.63, 3.8) is 0 Å². The molecule has 0 atom stereocenters. The summed E-state index contributed by atoms with van der Waals surface area (Å²) in [6.07, 6.45) is 2.55. The summed E-state index contributed by atoms with van der Waals surface area (Å²) in [6, 6.07) is 17.4. The third-order valence-electron chi connectivity index (χ3n) is 5.05. The Labute approximate surface area is 162 Å². The van der Waals surface area contributed by atoms with Crippen LogP contribution in [0, 0.1) is 0 Å². The van der Waals surface area contributed by atoms with Crippen LogP contribution < -0.4 is 19.7 Å². The Bertz CT molecular complexity index is 1050. The van der Waals surface area contributed by atoms with E-state index >= 15 is 0 Å². The number of amides is 1. The van der Waals surface area contributed by atoms with Crippen LogP contribution in [0.15, 0.2) is 60.8 Å². The van der Waals surface area contributed by atoms with Crippen LogP contribution in [0.5, 0.6) is 11.5 Å². The van der Waals surface area contributed by atoms with Gasteiger partial charge in [0.15, 0.2) is 11.5 Å². The summed E-state index contributed by atoms with van der Waals surface area (Å²) in [7, 11) is 0. The Kier molecular flexibility index (Phi) is 4.09. The predicted octanol–water partition coefficient (Wildman–Crippen LogP) is 3.63. The number of carbonyl (C=O) groups excluding carboxylic acids is 1. The lowest BCUT2D eigenvalue weighted by molar-refractivity contribution is 0.0989. The number of benzene rings is 2. The lowest BCUT2D eigenvalue weighted by Crippen LogP contribution is -2.28. The van der Waals surface area contributed by atoms with Gasteiger partial charge in [0.05, 0.1) is 0 Å². The minimum Gasteiger partial charge on any atom is -0.454 e. The Balaban J connectivity index is 1.31. The first-order valence-corrected chi connectivity index (χ1v) is 9.26. The van der Waals surface area contributed by atoms with Crippen molar-refractivity contribution in [3.05, 3.63) is 77.5 Å². The molecule has 0 saturated heterocycles. The lowest BCUT2D eigenvalue weighted by Gasteiger charge is -2.17.